The van der Waals surface area contributed by atoms with Crippen molar-refractivity contribution in [2.24, 2.45) is 0 Å². The number of rotatable bonds is 4. The van der Waals surface area contributed by atoms with Crippen LogP contribution in [0.1, 0.15) is 28.3 Å². The Bertz CT molecular complexity index is 962. The van der Waals surface area contributed by atoms with Crippen molar-refractivity contribution in [1.82, 2.24) is 19.7 Å². The van der Waals surface area contributed by atoms with Crippen molar-refractivity contribution in [3.05, 3.63) is 58.7 Å². The van der Waals surface area contributed by atoms with Crippen LogP contribution in [-0.2, 0) is 11.2 Å². The van der Waals surface area contributed by atoms with Gasteiger partial charge in [-0.2, -0.15) is 5.10 Å². The summed E-state index contributed by atoms with van der Waals surface area (Å²) in [6.07, 6.45) is 0.205. The monoisotopic (exact) mass is 386 g/mol. The molecule has 1 amide bonds. The number of hydrogen-bond donors (Lipinski definition) is 2. The predicted molar refractivity (Wildman–Crippen MR) is 109 cm³/mol. The van der Waals surface area contributed by atoms with E-state index in [-0.39, 0.29) is 24.7 Å². The molecule has 0 saturated carbocycles. The number of carbonyl (C=O) groups is 1. The van der Waals surface area contributed by atoms with E-state index in [1.165, 1.54) is 0 Å². The number of aromatic nitrogens is 4. The van der Waals surface area contributed by atoms with Gasteiger partial charge in [0, 0.05) is 22.6 Å². The topological polar surface area (TPSA) is 98.7 Å². The van der Waals surface area contributed by atoms with Crippen LogP contribution in [0.15, 0.2) is 30.3 Å². The van der Waals surface area contributed by atoms with Gasteiger partial charge in [-0.25, -0.2) is 14.6 Å². The number of halogens is 1. The van der Waals surface area contributed by atoms with Gasteiger partial charge in [0.05, 0.1) is 23.5 Å². The summed E-state index contributed by atoms with van der Waals surface area (Å²) < 4.78 is 1.69. The van der Waals surface area contributed by atoms with Gasteiger partial charge in [-0.1, -0.05) is 12.1 Å². The minimum absolute atomic E-state index is 0. The molecule has 0 unspecified atom stereocenters. The maximum absolute atomic E-state index is 12.5. The van der Waals surface area contributed by atoms with Gasteiger partial charge < -0.3 is 11.1 Å². The van der Waals surface area contributed by atoms with Crippen molar-refractivity contribution in [3.63, 3.8) is 0 Å². The summed E-state index contributed by atoms with van der Waals surface area (Å²) in [6, 6.07) is 9.10. The smallest absolute Gasteiger partial charge is 0.251 e. The molecule has 0 aliphatic heterocycles. The van der Waals surface area contributed by atoms with Gasteiger partial charge in [0.1, 0.15) is 0 Å². The lowest BCUT2D eigenvalue weighted by Crippen LogP contribution is -2.16. The molecule has 0 aliphatic rings. The number of nitrogen functional groups attached to an aromatic ring is 1. The second kappa shape index (κ2) is 8.18. The van der Waals surface area contributed by atoms with Crippen molar-refractivity contribution in [2.75, 3.05) is 11.1 Å². The summed E-state index contributed by atoms with van der Waals surface area (Å²) in [4.78, 5) is 21.4. The number of aryl methyl sites for hydroxylation is 3. The normalized spacial score (nSPS) is 10.4. The van der Waals surface area contributed by atoms with Gasteiger partial charge in [-0.3, -0.25) is 4.79 Å². The van der Waals surface area contributed by atoms with Gasteiger partial charge in [0.15, 0.2) is 0 Å². The zero-order valence-corrected chi connectivity index (χ0v) is 16.6. The molecule has 3 N–H and O–H groups in total. The van der Waals surface area contributed by atoms with Gasteiger partial charge in [0.2, 0.25) is 5.91 Å². The highest BCUT2D eigenvalue weighted by atomic mass is 35.5. The highest BCUT2D eigenvalue weighted by Crippen LogP contribution is 2.20. The molecule has 2 aromatic heterocycles. The molecule has 0 spiro atoms. The third-order valence-electron chi connectivity index (χ3n) is 4.17. The fourth-order valence-electron chi connectivity index (χ4n) is 2.89. The summed E-state index contributed by atoms with van der Waals surface area (Å²) in [5.74, 6) is 0.372. The Morgan fingerprint density at radius 3 is 2.37 bits per heavy atom. The number of hydrogen-bond acceptors (Lipinski definition) is 5. The number of para-hydroxylation sites is 2. The lowest BCUT2D eigenvalue weighted by atomic mass is 10.1. The number of nitrogens with one attached hydrogen (secondary N) is 1. The van der Waals surface area contributed by atoms with Crippen molar-refractivity contribution < 1.29 is 4.79 Å². The Hall–Kier alpha value is -2.93. The zero-order chi connectivity index (χ0) is 18.8. The van der Waals surface area contributed by atoms with Crippen LogP contribution in [0.3, 0.4) is 0 Å². The Labute approximate surface area is 164 Å². The van der Waals surface area contributed by atoms with E-state index >= 15 is 0 Å². The summed E-state index contributed by atoms with van der Waals surface area (Å²) >= 11 is 0. The van der Waals surface area contributed by atoms with E-state index in [0.717, 1.165) is 28.3 Å². The first-order valence-corrected chi connectivity index (χ1v) is 8.37. The van der Waals surface area contributed by atoms with Crippen molar-refractivity contribution in [1.29, 1.82) is 0 Å². The minimum atomic E-state index is -0.144. The fourth-order valence-corrected chi connectivity index (χ4v) is 2.89. The third-order valence-corrected chi connectivity index (χ3v) is 4.17. The van der Waals surface area contributed by atoms with E-state index in [0.29, 0.717) is 17.3 Å². The van der Waals surface area contributed by atoms with Crippen molar-refractivity contribution in [2.45, 2.75) is 34.1 Å². The van der Waals surface area contributed by atoms with Crippen LogP contribution in [0, 0.1) is 27.7 Å². The van der Waals surface area contributed by atoms with E-state index in [1.807, 2.05) is 45.9 Å². The Morgan fingerprint density at radius 1 is 1.11 bits per heavy atom. The second-order valence-corrected chi connectivity index (χ2v) is 6.32. The average molecular weight is 387 g/mol. The van der Waals surface area contributed by atoms with Crippen molar-refractivity contribution in [3.8, 4) is 5.95 Å². The van der Waals surface area contributed by atoms with E-state index in [1.54, 1.807) is 16.8 Å². The molecular weight excluding hydrogens is 364 g/mol. The van der Waals surface area contributed by atoms with Crippen LogP contribution in [0.5, 0.6) is 0 Å². The first-order chi connectivity index (χ1) is 12.3. The summed E-state index contributed by atoms with van der Waals surface area (Å²) in [6.45, 7) is 7.64. The molecule has 142 valence electrons. The van der Waals surface area contributed by atoms with Crippen LogP contribution in [0.4, 0.5) is 11.4 Å². The first kappa shape index (κ1) is 20.4. The van der Waals surface area contributed by atoms with Gasteiger partial charge in [0.25, 0.3) is 5.95 Å². The van der Waals surface area contributed by atoms with Crippen LogP contribution >= 0.6 is 12.4 Å². The number of carbonyl (C=O) groups excluding carboxylic acids is 1. The fraction of sp³-hybridized carbons (Fsp3) is 0.263. The molecular formula is C19H23ClN6O. The number of amides is 1. The molecule has 1 aromatic carbocycles. The Kier molecular flexibility index (Phi) is 6.17. The van der Waals surface area contributed by atoms with Crippen LogP contribution in [0.25, 0.3) is 5.95 Å². The molecule has 2 heterocycles. The Morgan fingerprint density at radius 2 is 1.74 bits per heavy atom. The molecule has 27 heavy (non-hydrogen) atoms. The summed E-state index contributed by atoms with van der Waals surface area (Å²) in [5, 5.41) is 7.38. The third kappa shape index (κ3) is 4.43. The number of anilines is 2. The maximum Gasteiger partial charge on any atom is 0.251 e. The molecule has 8 heteroatoms. The van der Waals surface area contributed by atoms with Crippen LogP contribution < -0.4 is 11.1 Å². The molecule has 0 saturated heterocycles. The molecule has 0 fully saturated rings. The standard InChI is InChI=1S/C19H22N6O.ClH/c1-11-9-12(2)22-19(21-11)25-14(4)15(13(3)24-25)10-18(26)23-17-8-6-5-7-16(17)20;/h5-9H,10,20H2,1-4H3,(H,23,26);1H. The van der Waals surface area contributed by atoms with E-state index in [9.17, 15) is 4.79 Å². The maximum atomic E-state index is 12.5. The predicted octanol–water partition coefficient (Wildman–Crippen LogP) is 3.08. The van der Waals surface area contributed by atoms with Crippen LogP contribution in [0.2, 0.25) is 0 Å². The SMILES string of the molecule is Cc1cc(C)nc(-n2nc(C)c(CC(=O)Nc3ccccc3N)c2C)n1.Cl. The van der Waals surface area contributed by atoms with Gasteiger partial charge in [-0.15, -0.1) is 12.4 Å². The van der Waals surface area contributed by atoms with Gasteiger partial charge >= 0.3 is 0 Å². The Balaban J connectivity index is 0.00000261. The van der Waals surface area contributed by atoms with Crippen LogP contribution in [-0.4, -0.2) is 25.7 Å². The molecule has 3 rings (SSSR count). The lowest BCUT2D eigenvalue weighted by Gasteiger charge is -2.08. The molecule has 0 bridgehead atoms. The molecule has 3 aromatic rings. The average Bonchev–Trinajstić information content (AvgIpc) is 2.84. The zero-order valence-electron chi connectivity index (χ0n) is 15.8. The van der Waals surface area contributed by atoms with E-state index in [2.05, 4.69) is 20.4 Å². The number of benzene rings is 1. The summed E-state index contributed by atoms with van der Waals surface area (Å²) in [5.41, 5.74) is 11.3. The van der Waals surface area contributed by atoms with E-state index in [4.69, 9.17) is 5.73 Å². The lowest BCUT2D eigenvalue weighted by molar-refractivity contribution is -0.115. The molecule has 0 radical (unpaired) electrons. The van der Waals surface area contributed by atoms with E-state index < -0.39 is 0 Å². The minimum Gasteiger partial charge on any atom is -0.397 e. The molecule has 0 aliphatic carbocycles. The molecule has 0 atom stereocenters. The van der Waals surface area contributed by atoms with Crippen molar-refractivity contribution >= 4 is 29.7 Å². The quantitative estimate of drug-likeness (QED) is 0.671. The first-order valence-electron chi connectivity index (χ1n) is 8.37. The second-order valence-electron chi connectivity index (χ2n) is 6.32. The largest absolute Gasteiger partial charge is 0.397 e. The number of nitrogens with zero attached hydrogens (tertiary/aromatic N) is 4. The highest BCUT2D eigenvalue weighted by molar-refractivity contribution is 5.95. The molecule has 7 nitrogen and oxygen atoms in total. The highest BCUT2D eigenvalue weighted by Gasteiger charge is 2.18. The summed E-state index contributed by atoms with van der Waals surface area (Å²) in [7, 11) is 0. The van der Waals surface area contributed by atoms with Gasteiger partial charge in [-0.05, 0) is 45.9 Å². The number of nitrogens with two attached hydrogens (primary N) is 1.